The van der Waals surface area contributed by atoms with E-state index in [0.29, 0.717) is 0 Å². The number of hydrogen-bond donors (Lipinski definition) is 1. The molecule has 0 aliphatic carbocycles. The Labute approximate surface area is 114 Å². The summed E-state index contributed by atoms with van der Waals surface area (Å²) in [5, 5.41) is -0.402. The predicted octanol–water partition coefficient (Wildman–Crippen LogP) is 3.27. The van der Waals surface area contributed by atoms with Gasteiger partial charge in [-0.15, -0.1) is 0 Å². The smallest absolute Gasteiger partial charge is 0.265 e. The Morgan fingerprint density at radius 3 is 2.50 bits per heavy atom. The normalized spacial score (nSPS) is 11.4. The molecule has 0 atom stereocenters. The van der Waals surface area contributed by atoms with E-state index in [2.05, 4.69) is 9.82 Å². The molecule has 0 radical (unpaired) electrons. The maximum absolute atomic E-state index is 11.7. The third-order valence-electron chi connectivity index (χ3n) is 1.53. The third-order valence-corrected chi connectivity index (χ3v) is 2.77. The van der Waals surface area contributed by atoms with Crippen molar-refractivity contribution in [3.8, 4) is 0 Å². The molecule has 4 nitrogen and oxygen atoms in total. The van der Waals surface area contributed by atoms with Crippen molar-refractivity contribution in [1.29, 1.82) is 0 Å². The van der Waals surface area contributed by atoms with Crippen molar-refractivity contribution in [1.82, 2.24) is 10.5 Å². The number of alkyl halides is 3. The highest BCUT2D eigenvalue weighted by molar-refractivity contribution is 6.48. The molecule has 0 spiro atoms. The van der Waals surface area contributed by atoms with Crippen LogP contribution < -0.4 is 5.48 Å². The molecular weight excluding hydrogens is 319 g/mol. The Kier molecular flexibility index (Phi) is 5.03. The summed E-state index contributed by atoms with van der Waals surface area (Å²) in [5.74, 6) is -1.07. The molecule has 1 aromatic rings. The first-order valence-corrected chi connectivity index (χ1v) is 5.34. The van der Waals surface area contributed by atoms with E-state index in [1.807, 2.05) is 0 Å². The highest BCUT2D eigenvalue weighted by Crippen LogP contribution is 2.30. The van der Waals surface area contributed by atoms with E-state index in [4.69, 9.17) is 34.8 Å². The molecule has 0 fully saturated rings. The van der Waals surface area contributed by atoms with E-state index < -0.39 is 24.4 Å². The minimum atomic E-state index is -4.57. The van der Waals surface area contributed by atoms with E-state index in [9.17, 15) is 18.0 Å². The number of nitrogens with zero attached hydrogens (tertiary/aromatic N) is 1. The van der Waals surface area contributed by atoms with Gasteiger partial charge in [-0.05, 0) is 0 Å². The summed E-state index contributed by atoms with van der Waals surface area (Å²) in [4.78, 5) is 18.8. The lowest BCUT2D eigenvalue weighted by Gasteiger charge is -2.09. The summed E-state index contributed by atoms with van der Waals surface area (Å²) in [5.41, 5.74) is 1.14. The molecule has 0 unspecified atom stereocenters. The number of amides is 1. The van der Waals surface area contributed by atoms with Crippen LogP contribution >= 0.6 is 34.8 Å². The van der Waals surface area contributed by atoms with Crippen LogP contribution in [0.5, 0.6) is 0 Å². The van der Waals surface area contributed by atoms with Crippen molar-refractivity contribution >= 4 is 40.7 Å². The van der Waals surface area contributed by atoms with Crippen LogP contribution in [0.2, 0.25) is 15.1 Å². The van der Waals surface area contributed by atoms with Gasteiger partial charge in [0, 0.05) is 6.20 Å². The van der Waals surface area contributed by atoms with Gasteiger partial charge in [-0.2, -0.15) is 13.2 Å². The molecule has 10 heteroatoms. The van der Waals surface area contributed by atoms with Crippen LogP contribution in [0, 0.1) is 0 Å². The number of nitrogens with one attached hydrogen (secondary N) is 1. The average Bonchev–Trinajstić information content (AvgIpc) is 2.24. The number of hydrogen-bond acceptors (Lipinski definition) is 3. The zero-order valence-electron chi connectivity index (χ0n) is 8.32. The van der Waals surface area contributed by atoms with Crippen LogP contribution in [0.1, 0.15) is 10.5 Å². The van der Waals surface area contributed by atoms with Gasteiger partial charge in [0.15, 0.2) is 12.3 Å². The molecule has 0 bridgehead atoms. The zero-order chi connectivity index (χ0) is 13.9. The summed E-state index contributed by atoms with van der Waals surface area (Å²) in [6.07, 6.45) is -3.53. The molecule has 0 saturated heterocycles. The highest BCUT2D eigenvalue weighted by atomic mass is 35.5. The SMILES string of the molecule is O=C(NOCC(F)(F)F)c1ncc(Cl)c(Cl)c1Cl. The van der Waals surface area contributed by atoms with Crippen molar-refractivity contribution in [3.05, 3.63) is 27.0 Å². The van der Waals surface area contributed by atoms with Crippen LogP contribution in [0.3, 0.4) is 0 Å². The molecule has 0 aromatic carbocycles. The minimum absolute atomic E-state index is 0.00873. The lowest BCUT2D eigenvalue weighted by Crippen LogP contribution is -2.30. The lowest BCUT2D eigenvalue weighted by molar-refractivity contribution is -0.184. The van der Waals surface area contributed by atoms with Crippen molar-refractivity contribution < 1.29 is 22.8 Å². The van der Waals surface area contributed by atoms with Crippen molar-refractivity contribution in [2.24, 2.45) is 0 Å². The zero-order valence-corrected chi connectivity index (χ0v) is 10.6. The molecule has 0 aliphatic rings. The third kappa shape index (κ3) is 4.16. The standard InChI is InChI=1S/C8H4Cl3F3N2O2/c9-3-1-15-6(5(11)4(3)10)7(17)16-18-2-8(12,13)14/h1H,2H2,(H,16,17). The van der Waals surface area contributed by atoms with Gasteiger partial charge < -0.3 is 0 Å². The van der Waals surface area contributed by atoms with Gasteiger partial charge in [0.25, 0.3) is 5.91 Å². The van der Waals surface area contributed by atoms with E-state index in [0.717, 1.165) is 6.20 Å². The number of carbonyl (C=O) groups is 1. The van der Waals surface area contributed by atoms with E-state index in [1.165, 1.54) is 5.48 Å². The van der Waals surface area contributed by atoms with Crippen molar-refractivity contribution in [2.75, 3.05) is 6.61 Å². The molecule has 0 aliphatic heterocycles. The maximum Gasteiger partial charge on any atom is 0.414 e. The fourth-order valence-electron chi connectivity index (χ4n) is 0.833. The Morgan fingerprint density at radius 1 is 1.33 bits per heavy atom. The fraction of sp³-hybridized carbons (Fsp3) is 0.250. The van der Waals surface area contributed by atoms with Gasteiger partial charge in [-0.1, -0.05) is 34.8 Å². The van der Waals surface area contributed by atoms with Gasteiger partial charge in [0.1, 0.15) is 0 Å². The van der Waals surface area contributed by atoms with E-state index in [1.54, 1.807) is 0 Å². The molecule has 100 valence electrons. The summed E-state index contributed by atoms with van der Waals surface area (Å²) >= 11 is 16.8. The first-order chi connectivity index (χ1) is 8.22. The maximum atomic E-state index is 11.7. The summed E-state index contributed by atoms with van der Waals surface area (Å²) < 4.78 is 35.2. The second kappa shape index (κ2) is 5.92. The molecule has 1 heterocycles. The summed E-state index contributed by atoms with van der Waals surface area (Å²) in [6.45, 7) is -1.64. The highest BCUT2D eigenvalue weighted by Gasteiger charge is 2.28. The van der Waals surface area contributed by atoms with Crippen LogP contribution in [0.4, 0.5) is 13.2 Å². The lowest BCUT2D eigenvalue weighted by atomic mass is 10.3. The monoisotopic (exact) mass is 322 g/mol. The minimum Gasteiger partial charge on any atom is -0.265 e. The Bertz CT molecular complexity index is 468. The summed E-state index contributed by atoms with van der Waals surface area (Å²) in [7, 11) is 0. The molecule has 1 rings (SSSR count). The first-order valence-electron chi connectivity index (χ1n) is 4.20. The average molecular weight is 323 g/mol. The quantitative estimate of drug-likeness (QED) is 0.869. The fourth-order valence-corrected chi connectivity index (χ4v) is 1.40. The molecule has 18 heavy (non-hydrogen) atoms. The topological polar surface area (TPSA) is 51.2 Å². The van der Waals surface area contributed by atoms with Crippen LogP contribution in [-0.4, -0.2) is 23.7 Å². The van der Waals surface area contributed by atoms with Gasteiger partial charge in [-0.3, -0.25) is 9.63 Å². The van der Waals surface area contributed by atoms with Gasteiger partial charge >= 0.3 is 6.18 Å². The number of pyridine rings is 1. The van der Waals surface area contributed by atoms with Gasteiger partial charge in [0.2, 0.25) is 0 Å². The second-order valence-electron chi connectivity index (χ2n) is 2.92. The molecule has 1 N–H and O–H groups in total. The Balaban J connectivity index is 2.71. The van der Waals surface area contributed by atoms with Gasteiger partial charge in [0.05, 0.1) is 15.1 Å². The number of hydroxylamine groups is 1. The van der Waals surface area contributed by atoms with E-state index in [-0.39, 0.29) is 15.1 Å². The molecule has 1 aromatic heterocycles. The first kappa shape index (κ1) is 15.3. The van der Waals surface area contributed by atoms with Crippen LogP contribution in [0.25, 0.3) is 0 Å². The largest absolute Gasteiger partial charge is 0.414 e. The predicted molar refractivity (Wildman–Crippen MR) is 58.7 cm³/mol. The van der Waals surface area contributed by atoms with Crippen molar-refractivity contribution in [2.45, 2.75) is 6.18 Å². The molecular formula is C8H4Cl3F3N2O2. The number of carbonyl (C=O) groups excluding carboxylic acids is 1. The second-order valence-corrected chi connectivity index (χ2v) is 4.08. The van der Waals surface area contributed by atoms with Crippen LogP contribution in [0.15, 0.2) is 6.20 Å². The number of halogens is 6. The Hall–Kier alpha value is -0.760. The Morgan fingerprint density at radius 2 is 1.94 bits per heavy atom. The van der Waals surface area contributed by atoms with Crippen molar-refractivity contribution in [3.63, 3.8) is 0 Å². The van der Waals surface area contributed by atoms with Crippen LogP contribution in [-0.2, 0) is 4.84 Å². The summed E-state index contributed by atoms with van der Waals surface area (Å²) in [6, 6.07) is 0. The van der Waals surface area contributed by atoms with E-state index >= 15 is 0 Å². The van der Waals surface area contributed by atoms with Gasteiger partial charge in [-0.25, -0.2) is 10.5 Å². The molecule has 0 saturated carbocycles. The molecule has 1 amide bonds. The number of aromatic nitrogens is 1. The number of rotatable bonds is 3.